The van der Waals surface area contributed by atoms with Gasteiger partial charge in [-0.1, -0.05) is 19.1 Å². The van der Waals surface area contributed by atoms with Crippen LogP contribution in [0, 0.1) is 5.92 Å². The number of hydrogen-bond acceptors (Lipinski definition) is 6. The highest BCUT2D eigenvalue weighted by atomic mass is 32.2. The van der Waals surface area contributed by atoms with Gasteiger partial charge in [-0.3, -0.25) is 9.73 Å². The molecule has 0 amide bonds. The second kappa shape index (κ2) is 6.28. The van der Waals surface area contributed by atoms with Crippen LogP contribution in [0.4, 0.5) is 5.69 Å². The van der Waals surface area contributed by atoms with Gasteiger partial charge in [-0.2, -0.15) is 0 Å². The van der Waals surface area contributed by atoms with Crippen molar-refractivity contribution in [1.82, 2.24) is 10.9 Å². The quantitative estimate of drug-likeness (QED) is 0.858. The summed E-state index contributed by atoms with van der Waals surface area (Å²) in [5, 5.41) is 0. The van der Waals surface area contributed by atoms with E-state index in [2.05, 4.69) is 24.7 Å². The number of fused-ring (bicyclic) bond motifs is 1. The van der Waals surface area contributed by atoms with Gasteiger partial charge in [0.15, 0.2) is 0 Å². The largest absolute Gasteiger partial charge is 0.489 e. The van der Waals surface area contributed by atoms with Crippen LogP contribution in [-0.2, 0) is 10.0 Å². The van der Waals surface area contributed by atoms with Crippen molar-refractivity contribution in [2.45, 2.75) is 30.1 Å². The Hall–Kier alpha value is -1.61. The Morgan fingerprint density at radius 1 is 1.16 bits per heavy atom. The number of nitrogens with zero attached hydrogens (tertiary/aromatic N) is 1. The van der Waals surface area contributed by atoms with Gasteiger partial charge < -0.3 is 4.74 Å². The van der Waals surface area contributed by atoms with Crippen molar-refractivity contribution in [2.75, 3.05) is 17.5 Å². The van der Waals surface area contributed by atoms with Crippen molar-refractivity contribution in [3.63, 3.8) is 0 Å². The Bertz CT molecular complexity index is 881. The van der Waals surface area contributed by atoms with Crippen LogP contribution in [0.5, 0.6) is 5.75 Å². The molecule has 1 aromatic carbocycles. The number of benzene rings is 1. The minimum absolute atomic E-state index is 0.126. The smallest absolute Gasteiger partial charge is 0.274 e. The van der Waals surface area contributed by atoms with Crippen molar-refractivity contribution in [3.8, 4) is 5.75 Å². The van der Waals surface area contributed by atoms with E-state index in [-0.39, 0.29) is 6.04 Å². The SMILES string of the molecule is CC1NNC(c2ccc(S(=O)(=O)N3CCOc4ccccc43)s2)C1C. The summed E-state index contributed by atoms with van der Waals surface area (Å²) in [6, 6.07) is 11.4. The number of para-hydroxylation sites is 2. The lowest BCUT2D eigenvalue weighted by Gasteiger charge is -2.29. The van der Waals surface area contributed by atoms with Gasteiger partial charge >= 0.3 is 0 Å². The summed E-state index contributed by atoms with van der Waals surface area (Å²) in [5.74, 6) is 0.997. The maximum absolute atomic E-state index is 13.2. The molecule has 0 spiro atoms. The molecule has 2 aliphatic rings. The van der Waals surface area contributed by atoms with E-state index in [1.165, 1.54) is 15.6 Å². The van der Waals surface area contributed by atoms with Gasteiger partial charge in [0.1, 0.15) is 16.6 Å². The minimum atomic E-state index is -3.59. The Kier molecular flexibility index (Phi) is 4.23. The highest BCUT2D eigenvalue weighted by Crippen LogP contribution is 2.39. The molecular weight excluding hydrogens is 358 g/mol. The maximum atomic E-state index is 13.2. The van der Waals surface area contributed by atoms with Crippen LogP contribution in [-0.4, -0.2) is 27.6 Å². The predicted molar refractivity (Wildman–Crippen MR) is 98.4 cm³/mol. The van der Waals surface area contributed by atoms with E-state index < -0.39 is 10.0 Å². The molecule has 2 aromatic rings. The molecule has 2 N–H and O–H groups in total. The van der Waals surface area contributed by atoms with E-state index >= 15 is 0 Å². The molecule has 1 saturated heterocycles. The van der Waals surface area contributed by atoms with Gasteiger partial charge in [0.05, 0.1) is 18.3 Å². The van der Waals surface area contributed by atoms with Crippen molar-refractivity contribution in [1.29, 1.82) is 0 Å². The van der Waals surface area contributed by atoms with Crippen LogP contribution in [0.1, 0.15) is 24.8 Å². The van der Waals surface area contributed by atoms with Crippen LogP contribution in [0.25, 0.3) is 0 Å². The Balaban J connectivity index is 1.66. The third-order valence-electron chi connectivity index (χ3n) is 4.92. The number of hydrogen-bond donors (Lipinski definition) is 2. The lowest BCUT2D eigenvalue weighted by Crippen LogP contribution is -2.37. The van der Waals surface area contributed by atoms with E-state index in [0.29, 0.717) is 40.8 Å². The molecule has 134 valence electrons. The average molecular weight is 380 g/mol. The standard InChI is InChI=1S/C17H21N3O3S2/c1-11-12(2)18-19-17(11)15-7-8-16(24-15)25(21,22)20-9-10-23-14-6-4-3-5-13(14)20/h3-8,11-12,17-19H,9-10H2,1-2H3. The Morgan fingerprint density at radius 2 is 1.96 bits per heavy atom. The van der Waals surface area contributed by atoms with Crippen LogP contribution in [0.15, 0.2) is 40.6 Å². The van der Waals surface area contributed by atoms with Gasteiger partial charge in [0.25, 0.3) is 10.0 Å². The third kappa shape index (κ3) is 2.83. The molecular formula is C17H21N3O3S2. The highest BCUT2D eigenvalue weighted by Gasteiger charge is 2.34. The number of hydrazine groups is 1. The number of nitrogens with one attached hydrogen (secondary N) is 2. The summed E-state index contributed by atoms with van der Waals surface area (Å²) >= 11 is 1.34. The van der Waals surface area contributed by atoms with Gasteiger partial charge in [-0.15, -0.1) is 11.3 Å². The molecule has 3 heterocycles. The molecule has 8 heteroatoms. The number of ether oxygens (including phenoxy) is 1. The fourth-order valence-corrected chi connectivity index (χ4v) is 6.31. The van der Waals surface area contributed by atoms with E-state index in [1.807, 2.05) is 18.2 Å². The fraction of sp³-hybridized carbons (Fsp3) is 0.412. The predicted octanol–water partition coefficient (Wildman–Crippen LogP) is 2.51. The van der Waals surface area contributed by atoms with Crippen LogP contribution in [0.3, 0.4) is 0 Å². The summed E-state index contributed by atoms with van der Waals surface area (Å²) in [5.41, 5.74) is 7.09. The number of rotatable bonds is 3. The number of anilines is 1. The molecule has 1 aromatic heterocycles. The van der Waals surface area contributed by atoms with E-state index in [9.17, 15) is 8.42 Å². The first-order valence-corrected chi connectivity index (χ1v) is 10.6. The lowest BCUT2D eigenvalue weighted by molar-refractivity contribution is 0.316. The summed E-state index contributed by atoms with van der Waals surface area (Å²) in [4.78, 5) is 1.03. The molecule has 6 nitrogen and oxygen atoms in total. The summed E-state index contributed by atoms with van der Waals surface area (Å²) in [6.07, 6.45) is 0. The second-order valence-electron chi connectivity index (χ2n) is 6.46. The maximum Gasteiger partial charge on any atom is 0.274 e. The minimum Gasteiger partial charge on any atom is -0.489 e. The van der Waals surface area contributed by atoms with Gasteiger partial charge in [-0.25, -0.2) is 13.8 Å². The zero-order chi connectivity index (χ0) is 17.6. The number of thiophene rings is 1. The lowest BCUT2D eigenvalue weighted by atomic mass is 9.97. The van der Waals surface area contributed by atoms with E-state index in [0.717, 1.165) is 4.88 Å². The first-order chi connectivity index (χ1) is 12.0. The van der Waals surface area contributed by atoms with Crippen molar-refractivity contribution in [3.05, 3.63) is 41.3 Å². The molecule has 25 heavy (non-hydrogen) atoms. The zero-order valence-electron chi connectivity index (χ0n) is 14.1. The first kappa shape index (κ1) is 16.8. The van der Waals surface area contributed by atoms with Crippen LogP contribution >= 0.6 is 11.3 Å². The van der Waals surface area contributed by atoms with Crippen molar-refractivity contribution in [2.24, 2.45) is 5.92 Å². The normalized spacial score (nSPS) is 26.3. The topological polar surface area (TPSA) is 70.7 Å². The van der Waals surface area contributed by atoms with E-state index in [4.69, 9.17) is 4.74 Å². The molecule has 1 fully saturated rings. The Labute approximate surface area is 151 Å². The van der Waals surface area contributed by atoms with Crippen molar-refractivity contribution >= 4 is 27.0 Å². The monoisotopic (exact) mass is 379 g/mol. The highest BCUT2D eigenvalue weighted by molar-refractivity contribution is 7.94. The van der Waals surface area contributed by atoms with E-state index in [1.54, 1.807) is 18.2 Å². The molecule has 0 radical (unpaired) electrons. The summed E-state index contributed by atoms with van der Waals surface area (Å²) in [6.45, 7) is 4.96. The molecule has 0 aliphatic carbocycles. The fourth-order valence-electron chi connectivity index (χ4n) is 3.25. The summed E-state index contributed by atoms with van der Waals surface area (Å²) < 4.78 is 33.7. The van der Waals surface area contributed by atoms with Crippen LogP contribution < -0.4 is 19.9 Å². The molecule has 2 aliphatic heterocycles. The molecule has 3 unspecified atom stereocenters. The summed E-state index contributed by atoms with van der Waals surface area (Å²) in [7, 11) is -3.59. The molecule has 0 bridgehead atoms. The molecule has 3 atom stereocenters. The molecule has 4 rings (SSSR count). The van der Waals surface area contributed by atoms with Crippen molar-refractivity contribution < 1.29 is 13.2 Å². The third-order valence-corrected chi connectivity index (χ3v) is 8.37. The van der Waals surface area contributed by atoms with Gasteiger partial charge in [-0.05, 0) is 37.1 Å². The number of sulfonamides is 1. The average Bonchev–Trinajstić information content (AvgIpc) is 3.22. The zero-order valence-corrected chi connectivity index (χ0v) is 15.7. The van der Waals surface area contributed by atoms with Crippen LogP contribution in [0.2, 0.25) is 0 Å². The first-order valence-electron chi connectivity index (χ1n) is 8.34. The second-order valence-corrected chi connectivity index (χ2v) is 9.67. The Morgan fingerprint density at radius 3 is 2.72 bits per heavy atom. The molecule has 0 saturated carbocycles. The van der Waals surface area contributed by atoms with Gasteiger partial charge in [0, 0.05) is 10.9 Å². The van der Waals surface area contributed by atoms with Gasteiger partial charge in [0.2, 0.25) is 0 Å².